The van der Waals surface area contributed by atoms with E-state index in [2.05, 4.69) is 5.32 Å². The van der Waals surface area contributed by atoms with Crippen LogP contribution in [-0.4, -0.2) is 62.2 Å². The quantitative estimate of drug-likeness (QED) is 0.844. The first-order chi connectivity index (χ1) is 11.0. The van der Waals surface area contributed by atoms with Crippen molar-refractivity contribution in [2.75, 3.05) is 32.7 Å². The zero-order valence-corrected chi connectivity index (χ0v) is 13.5. The van der Waals surface area contributed by atoms with Crippen LogP contribution >= 0.6 is 0 Å². The van der Waals surface area contributed by atoms with E-state index >= 15 is 0 Å². The van der Waals surface area contributed by atoms with E-state index in [1.165, 1.54) is 33.5 Å². The van der Waals surface area contributed by atoms with Crippen LogP contribution < -0.4 is 5.32 Å². The van der Waals surface area contributed by atoms with Crippen LogP contribution in [0.4, 0.5) is 0 Å². The van der Waals surface area contributed by atoms with Gasteiger partial charge in [0, 0.05) is 31.7 Å². The van der Waals surface area contributed by atoms with Gasteiger partial charge in [0.05, 0.1) is 11.4 Å². The zero-order valence-electron chi connectivity index (χ0n) is 12.7. The maximum absolute atomic E-state index is 12.4. The Morgan fingerprint density at radius 2 is 1.70 bits per heavy atom. The van der Waals surface area contributed by atoms with Crippen molar-refractivity contribution in [3.8, 4) is 0 Å². The maximum Gasteiger partial charge on any atom is 0.254 e. The van der Waals surface area contributed by atoms with Gasteiger partial charge in [0.15, 0.2) is 0 Å². The average molecular weight is 337 g/mol. The Morgan fingerprint density at radius 1 is 1.04 bits per heavy atom. The number of hydrogen-bond donors (Lipinski definition) is 1. The molecule has 0 atom stereocenters. The number of nitrogens with zero attached hydrogens (tertiary/aromatic N) is 2. The Balaban J connectivity index is 1.76. The molecule has 0 unspecified atom stereocenters. The Hall–Kier alpha value is -1.93. The fourth-order valence-corrected chi connectivity index (χ4v) is 4.36. The minimum atomic E-state index is -3.47. The molecule has 2 amide bonds. The van der Waals surface area contributed by atoms with Crippen molar-refractivity contribution in [3.05, 3.63) is 29.8 Å². The van der Waals surface area contributed by atoms with E-state index in [1.807, 2.05) is 0 Å². The van der Waals surface area contributed by atoms with E-state index in [0.717, 1.165) is 12.8 Å². The molecule has 1 aromatic carbocycles. The molecule has 1 N–H and O–H groups in total. The first-order valence-electron chi connectivity index (χ1n) is 7.65. The van der Waals surface area contributed by atoms with Gasteiger partial charge in [0.25, 0.3) is 5.91 Å². The first-order valence-corrected chi connectivity index (χ1v) is 9.09. The van der Waals surface area contributed by atoms with Crippen LogP contribution in [0.3, 0.4) is 0 Å². The number of piperazine rings is 1. The molecule has 3 rings (SSSR count). The van der Waals surface area contributed by atoms with E-state index in [1.54, 1.807) is 0 Å². The number of amides is 2. The van der Waals surface area contributed by atoms with Gasteiger partial charge in [-0.3, -0.25) is 9.59 Å². The Labute approximate surface area is 135 Å². The molecule has 8 heteroatoms. The highest BCUT2D eigenvalue weighted by Gasteiger charge is 2.28. The van der Waals surface area contributed by atoms with E-state index in [0.29, 0.717) is 31.7 Å². The molecule has 2 fully saturated rings. The van der Waals surface area contributed by atoms with Gasteiger partial charge < -0.3 is 10.2 Å². The summed E-state index contributed by atoms with van der Waals surface area (Å²) in [5.74, 6) is -0.442. The van der Waals surface area contributed by atoms with Gasteiger partial charge in [0.2, 0.25) is 15.9 Å². The van der Waals surface area contributed by atoms with Crippen LogP contribution in [0.5, 0.6) is 0 Å². The maximum atomic E-state index is 12.4. The number of nitrogens with one attached hydrogen (secondary N) is 1. The topological polar surface area (TPSA) is 86.8 Å². The summed E-state index contributed by atoms with van der Waals surface area (Å²) in [6.45, 7) is 2.02. The van der Waals surface area contributed by atoms with Crippen LogP contribution in [0.25, 0.3) is 0 Å². The summed E-state index contributed by atoms with van der Waals surface area (Å²) in [5, 5.41) is 2.66. The summed E-state index contributed by atoms with van der Waals surface area (Å²) < 4.78 is 26.3. The van der Waals surface area contributed by atoms with Crippen molar-refractivity contribution < 1.29 is 18.0 Å². The predicted molar refractivity (Wildman–Crippen MR) is 83.3 cm³/mol. The molecule has 2 aliphatic heterocycles. The molecule has 2 saturated heterocycles. The molecule has 0 saturated carbocycles. The Bertz CT molecular complexity index is 709. The standard InChI is InChI=1S/C15H19N3O4S/c19-14-11-17(10-7-16-14)15(20)12-3-5-13(6-4-12)23(21,22)18-8-1-2-9-18/h3-6H,1-2,7-11H2,(H,16,19). The molecule has 0 spiro atoms. The zero-order chi connectivity index (χ0) is 16.4. The van der Waals surface area contributed by atoms with Crippen molar-refractivity contribution in [3.63, 3.8) is 0 Å². The van der Waals surface area contributed by atoms with E-state index in [-0.39, 0.29) is 23.3 Å². The van der Waals surface area contributed by atoms with Crippen molar-refractivity contribution in [1.29, 1.82) is 0 Å². The summed E-state index contributed by atoms with van der Waals surface area (Å²) in [5.41, 5.74) is 0.389. The second-order valence-electron chi connectivity index (χ2n) is 5.71. The molecule has 0 aliphatic carbocycles. The molecule has 2 aliphatic rings. The average Bonchev–Trinajstić information content (AvgIpc) is 3.09. The Morgan fingerprint density at radius 3 is 2.30 bits per heavy atom. The van der Waals surface area contributed by atoms with Gasteiger partial charge in [-0.1, -0.05) is 0 Å². The first kappa shape index (κ1) is 15.9. The van der Waals surface area contributed by atoms with Gasteiger partial charge in [-0.2, -0.15) is 4.31 Å². The van der Waals surface area contributed by atoms with Gasteiger partial charge in [0.1, 0.15) is 0 Å². The lowest BCUT2D eigenvalue weighted by Crippen LogP contribution is -2.49. The van der Waals surface area contributed by atoms with Crippen LogP contribution in [0.2, 0.25) is 0 Å². The number of hydrogen-bond acceptors (Lipinski definition) is 4. The molecule has 1 aromatic rings. The molecule has 2 heterocycles. The molecule has 0 aromatic heterocycles. The van der Waals surface area contributed by atoms with Gasteiger partial charge in [-0.25, -0.2) is 8.42 Å². The molecule has 0 radical (unpaired) electrons. The second kappa shape index (κ2) is 6.29. The van der Waals surface area contributed by atoms with Crippen molar-refractivity contribution >= 4 is 21.8 Å². The molecule has 23 heavy (non-hydrogen) atoms. The number of rotatable bonds is 3. The Kier molecular flexibility index (Phi) is 4.36. The summed E-state index contributed by atoms with van der Waals surface area (Å²) in [6.07, 6.45) is 1.76. The lowest BCUT2D eigenvalue weighted by molar-refractivity contribution is -0.123. The molecule has 0 bridgehead atoms. The van der Waals surface area contributed by atoms with Gasteiger partial charge in [-0.05, 0) is 37.1 Å². The van der Waals surface area contributed by atoms with Crippen molar-refractivity contribution in [1.82, 2.24) is 14.5 Å². The summed E-state index contributed by atoms with van der Waals surface area (Å²) in [6, 6.07) is 5.95. The van der Waals surface area contributed by atoms with Crippen LogP contribution in [0.15, 0.2) is 29.2 Å². The number of sulfonamides is 1. The summed E-state index contributed by atoms with van der Waals surface area (Å²) >= 11 is 0. The van der Waals surface area contributed by atoms with Crippen LogP contribution in [0, 0.1) is 0 Å². The highest BCUT2D eigenvalue weighted by Crippen LogP contribution is 2.21. The third-order valence-corrected chi connectivity index (χ3v) is 6.04. The fourth-order valence-electron chi connectivity index (χ4n) is 2.84. The fraction of sp³-hybridized carbons (Fsp3) is 0.467. The molecule has 7 nitrogen and oxygen atoms in total. The third-order valence-electron chi connectivity index (χ3n) is 4.13. The highest BCUT2D eigenvalue weighted by molar-refractivity contribution is 7.89. The summed E-state index contributed by atoms with van der Waals surface area (Å²) in [4.78, 5) is 25.4. The van der Waals surface area contributed by atoms with Gasteiger partial charge >= 0.3 is 0 Å². The van der Waals surface area contributed by atoms with Crippen molar-refractivity contribution in [2.45, 2.75) is 17.7 Å². The molecular weight excluding hydrogens is 318 g/mol. The molecule has 124 valence electrons. The minimum absolute atomic E-state index is 0.0344. The summed E-state index contributed by atoms with van der Waals surface area (Å²) in [7, 11) is -3.47. The van der Waals surface area contributed by atoms with Crippen LogP contribution in [-0.2, 0) is 14.8 Å². The highest BCUT2D eigenvalue weighted by atomic mass is 32.2. The second-order valence-corrected chi connectivity index (χ2v) is 7.65. The largest absolute Gasteiger partial charge is 0.353 e. The van der Waals surface area contributed by atoms with Crippen molar-refractivity contribution in [2.24, 2.45) is 0 Å². The predicted octanol–water partition coefficient (Wildman–Crippen LogP) is 0.0431. The lowest BCUT2D eigenvalue weighted by atomic mass is 10.2. The number of benzene rings is 1. The minimum Gasteiger partial charge on any atom is -0.353 e. The van der Waals surface area contributed by atoms with E-state index < -0.39 is 10.0 Å². The monoisotopic (exact) mass is 337 g/mol. The molecular formula is C15H19N3O4S. The SMILES string of the molecule is O=C1CN(C(=O)c2ccc(S(=O)(=O)N3CCCC3)cc2)CCN1. The van der Waals surface area contributed by atoms with Gasteiger partial charge in [-0.15, -0.1) is 0 Å². The van der Waals surface area contributed by atoms with Crippen LogP contribution in [0.1, 0.15) is 23.2 Å². The number of carbonyl (C=O) groups excluding carboxylic acids is 2. The van der Waals surface area contributed by atoms with E-state index in [4.69, 9.17) is 0 Å². The third kappa shape index (κ3) is 3.23. The normalized spacial score (nSPS) is 19.7. The number of carbonyl (C=O) groups is 2. The smallest absolute Gasteiger partial charge is 0.254 e. The lowest BCUT2D eigenvalue weighted by Gasteiger charge is -2.26. The van der Waals surface area contributed by atoms with E-state index in [9.17, 15) is 18.0 Å².